The second-order valence-corrected chi connectivity index (χ2v) is 4.33. The summed E-state index contributed by atoms with van der Waals surface area (Å²) in [5, 5.41) is 9.69. The Morgan fingerprint density at radius 3 is 2.17 bits per heavy atom. The fourth-order valence-corrected chi connectivity index (χ4v) is 1.47. The van der Waals surface area contributed by atoms with E-state index in [1.54, 1.807) is 0 Å². The van der Waals surface area contributed by atoms with Crippen molar-refractivity contribution in [2.24, 2.45) is 0 Å². The van der Waals surface area contributed by atoms with Crippen LogP contribution in [0.5, 0.6) is 5.75 Å². The quantitative estimate of drug-likeness (QED) is 0.849. The smallest absolute Gasteiger partial charge is 0.416 e. The molecule has 1 aromatic rings. The van der Waals surface area contributed by atoms with Crippen LogP contribution in [0.2, 0.25) is 0 Å². The molecule has 0 saturated carbocycles. The van der Waals surface area contributed by atoms with E-state index >= 15 is 0 Å². The molecule has 1 aromatic carbocycles. The molecule has 0 aromatic heterocycles. The number of hydrogen-bond acceptors (Lipinski definition) is 2. The van der Waals surface area contributed by atoms with Crippen molar-refractivity contribution >= 4 is 0 Å². The Hall–Kier alpha value is -1.30. The number of benzene rings is 1. The van der Waals surface area contributed by atoms with Crippen LogP contribution in [-0.2, 0) is 11.8 Å². The molecule has 0 heterocycles. The van der Waals surface area contributed by atoms with Gasteiger partial charge in [0.2, 0.25) is 0 Å². The molecule has 0 radical (unpaired) electrons. The highest BCUT2D eigenvalue weighted by atomic mass is 19.4. The van der Waals surface area contributed by atoms with Gasteiger partial charge in [0.05, 0.1) is 17.8 Å². The van der Waals surface area contributed by atoms with Gasteiger partial charge in [0.1, 0.15) is 0 Å². The van der Waals surface area contributed by atoms with Crippen molar-refractivity contribution in [2.45, 2.75) is 32.5 Å². The van der Waals surface area contributed by atoms with Crippen LogP contribution in [0.15, 0.2) is 12.1 Å². The Kier molecular flexibility index (Phi) is 3.90. The zero-order valence-corrected chi connectivity index (χ0v) is 10.2. The lowest BCUT2D eigenvalue weighted by Gasteiger charge is -2.22. The van der Waals surface area contributed by atoms with Crippen LogP contribution in [0.3, 0.4) is 0 Å². The molecule has 6 heteroatoms. The molecule has 0 amide bonds. The normalized spacial score (nSPS) is 12.7. The highest BCUT2D eigenvalue weighted by Crippen LogP contribution is 2.37. The lowest BCUT2D eigenvalue weighted by Crippen LogP contribution is -2.20. The predicted molar refractivity (Wildman–Crippen MR) is 57.8 cm³/mol. The molecule has 0 bridgehead atoms. The Morgan fingerprint density at radius 1 is 1.22 bits per heavy atom. The summed E-state index contributed by atoms with van der Waals surface area (Å²) in [5.74, 6) is -1.48. The monoisotopic (exact) mass is 266 g/mol. The fraction of sp³-hybridized carbons (Fsp3) is 0.500. The van der Waals surface area contributed by atoms with Crippen molar-refractivity contribution in [1.29, 1.82) is 0 Å². The van der Waals surface area contributed by atoms with Crippen LogP contribution in [0.25, 0.3) is 0 Å². The van der Waals surface area contributed by atoms with Gasteiger partial charge < -0.3 is 9.84 Å². The van der Waals surface area contributed by atoms with Gasteiger partial charge in [-0.15, -0.1) is 0 Å². The van der Waals surface area contributed by atoms with Crippen molar-refractivity contribution in [3.63, 3.8) is 0 Å². The lowest BCUT2D eigenvalue weighted by atomic mass is 9.95. The van der Waals surface area contributed by atoms with E-state index in [-0.39, 0.29) is 6.61 Å². The summed E-state index contributed by atoms with van der Waals surface area (Å²) in [7, 11) is 0. The van der Waals surface area contributed by atoms with Gasteiger partial charge in [-0.1, -0.05) is 0 Å². The first-order valence-electron chi connectivity index (χ1n) is 5.33. The number of ether oxygens (including phenoxy) is 1. The topological polar surface area (TPSA) is 29.5 Å². The van der Waals surface area contributed by atoms with E-state index in [1.165, 1.54) is 20.8 Å². The maximum atomic E-state index is 13.9. The van der Waals surface area contributed by atoms with Crippen LogP contribution in [0, 0.1) is 5.82 Å². The van der Waals surface area contributed by atoms with Gasteiger partial charge in [-0.05, 0) is 32.9 Å². The van der Waals surface area contributed by atoms with Crippen LogP contribution in [0.1, 0.15) is 31.9 Å². The van der Waals surface area contributed by atoms with Crippen molar-refractivity contribution in [2.75, 3.05) is 6.61 Å². The van der Waals surface area contributed by atoms with Gasteiger partial charge in [0.15, 0.2) is 11.6 Å². The van der Waals surface area contributed by atoms with E-state index in [4.69, 9.17) is 4.74 Å². The molecular formula is C12H14F4O2. The summed E-state index contributed by atoms with van der Waals surface area (Å²) in [5.41, 5.74) is -3.22. The first-order chi connectivity index (χ1) is 8.07. The molecular weight excluding hydrogens is 252 g/mol. The Morgan fingerprint density at radius 2 is 1.78 bits per heavy atom. The molecule has 0 spiro atoms. The third-order valence-corrected chi connectivity index (χ3v) is 2.33. The average molecular weight is 266 g/mol. The molecule has 1 N–H and O–H groups in total. The molecule has 0 aliphatic rings. The standard InChI is InChI=1S/C12H14F4O2/c1-4-18-9-6-7(12(14,15)16)5-8(10(9)13)11(2,3)17/h5-6,17H,4H2,1-3H3. The second kappa shape index (κ2) is 4.76. The highest BCUT2D eigenvalue weighted by molar-refractivity contribution is 5.40. The zero-order valence-electron chi connectivity index (χ0n) is 10.2. The molecule has 0 aliphatic heterocycles. The minimum atomic E-state index is -4.63. The van der Waals surface area contributed by atoms with Crippen LogP contribution >= 0.6 is 0 Å². The summed E-state index contributed by atoms with van der Waals surface area (Å²) in [6.45, 7) is 3.98. The minimum Gasteiger partial charge on any atom is -0.491 e. The maximum Gasteiger partial charge on any atom is 0.416 e. The fourth-order valence-electron chi connectivity index (χ4n) is 1.47. The first-order valence-corrected chi connectivity index (χ1v) is 5.33. The predicted octanol–water partition coefficient (Wildman–Crippen LogP) is 3.47. The molecule has 0 fully saturated rings. The number of hydrogen-bond donors (Lipinski definition) is 1. The van der Waals surface area contributed by atoms with Gasteiger partial charge in [-0.2, -0.15) is 13.2 Å². The van der Waals surface area contributed by atoms with Gasteiger partial charge in [0, 0.05) is 5.56 Å². The Balaban J connectivity index is 3.47. The lowest BCUT2D eigenvalue weighted by molar-refractivity contribution is -0.137. The average Bonchev–Trinajstić information content (AvgIpc) is 2.17. The molecule has 102 valence electrons. The van der Waals surface area contributed by atoms with Crippen molar-refractivity contribution in [3.8, 4) is 5.75 Å². The van der Waals surface area contributed by atoms with Crippen molar-refractivity contribution in [1.82, 2.24) is 0 Å². The van der Waals surface area contributed by atoms with Crippen molar-refractivity contribution in [3.05, 3.63) is 29.1 Å². The number of halogens is 4. The Labute approximate surface area is 102 Å². The molecule has 18 heavy (non-hydrogen) atoms. The van der Waals surface area contributed by atoms with E-state index in [1.807, 2.05) is 0 Å². The van der Waals surface area contributed by atoms with E-state index in [0.717, 1.165) is 0 Å². The second-order valence-electron chi connectivity index (χ2n) is 4.33. The summed E-state index contributed by atoms with van der Waals surface area (Å²) < 4.78 is 56.6. The number of rotatable bonds is 3. The van der Waals surface area contributed by atoms with Gasteiger partial charge in [-0.3, -0.25) is 0 Å². The summed E-state index contributed by atoms with van der Waals surface area (Å²) >= 11 is 0. The van der Waals surface area contributed by atoms with Gasteiger partial charge >= 0.3 is 6.18 Å². The minimum absolute atomic E-state index is 0.0313. The van der Waals surface area contributed by atoms with Gasteiger partial charge in [0.25, 0.3) is 0 Å². The Bertz CT molecular complexity index is 433. The van der Waals surface area contributed by atoms with Crippen LogP contribution < -0.4 is 4.74 Å². The van der Waals surface area contributed by atoms with E-state index < -0.39 is 34.5 Å². The number of aliphatic hydroxyl groups is 1. The van der Waals surface area contributed by atoms with Crippen molar-refractivity contribution < 1.29 is 27.4 Å². The maximum absolute atomic E-state index is 13.9. The number of alkyl halides is 3. The SMILES string of the molecule is CCOc1cc(C(F)(F)F)cc(C(C)(C)O)c1F. The third kappa shape index (κ3) is 3.13. The molecule has 0 aliphatic carbocycles. The molecule has 2 nitrogen and oxygen atoms in total. The van der Waals surface area contributed by atoms with E-state index in [2.05, 4.69) is 0 Å². The van der Waals surface area contributed by atoms with Crippen LogP contribution in [-0.4, -0.2) is 11.7 Å². The van der Waals surface area contributed by atoms with E-state index in [0.29, 0.717) is 12.1 Å². The molecule has 0 atom stereocenters. The summed E-state index contributed by atoms with van der Waals surface area (Å²) in [6, 6.07) is 1.19. The van der Waals surface area contributed by atoms with Crippen LogP contribution in [0.4, 0.5) is 17.6 Å². The van der Waals surface area contributed by atoms with E-state index in [9.17, 15) is 22.7 Å². The summed E-state index contributed by atoms with van der Waals surface area (Å²) in [6.07, 6.45) is -4.63. The third-order valence-electron chi connectivity index (χ3n) is 2.33. The molecule has 0 saturated heterocycles. The zero-order chi connectivity index (χ0) is 14.1. The highest BCUT2D eigenvalue weighted by Gasteiger charge is 2.35. The van der Waals surface area contributed by atoms with Gasteiger partial charge in [-0.25, -0.2) is 4.39 Å². The largest absolute Gasteiger partial charge is 0.491 e. The molecule has 0 unspecified atom stereocenters. The molecule has 1 rings (SSSR count). The first kappa shape index (κ1) is 14.8. The summed E-state index contributed by atoms with van der Waals surface area (Å²) in [4.78, 5) is 0.